The lowest BCUT2D eigenvalue weighted by molar-refractivity contribution is -0.123. The topological polar surface area (TPSA) is 93.5 Å². The predicted molar refractivity (Wildman–Crippen MR) is 74.6 cm³/mol. The van der Waals surface area contributed by atoms with Crippen molar-refractivity contribution in [3.63, 3.8) is 0 Å². The van der Waals surface area contributed by atoms with Crippen molar-refractivity contribution in [1.82, 2.24) is 10.3 Å². The molecule has 0 spiro atoms. The maximum atomic E-state index is 11.6. The first kappa shape index (κ1) is 14.6. The van der Waals surface area contributed by atoms with Crippen LogP contribution in [0.2, 0.25) is 0 Å². The average Bonchev–Trinajstić information content (AvgIpc) is 2.97. The van der Waals surface area contributed by atoms with E-state index in [1.54, 1.807) is 30.5 Å². The molecule has 7 heteroatoms. The van der Waals surface area contributed by atoms with Crippen molar-refractivity contribution < 1.29 is 18.7 Å². The van der Waals surface area contributed by atoms with Crippen molar-refractivity contribution in [3.8, 4) is 5.88 Å². The summed E-state index contributed by atoms with van der Waals surface area (Å²) in [5, 5.41) is 5.24. The third-order valence-corrected chi connectivity index (χ3v) is 2.45. The van der Waals surface area contributed by atoms with Crippen LogP contribution < -0.4 is 15.4 Å². The van der Waals surface area contributed by atoms with Crippen molar-refractivity contribution in [2.24, 2.45) is 0 Å². The van der Waals surface area contributed by atoms with Crippen LogP contribution in [0.15, 0.2) is 41.1 Å². The van der Waals surface area contributed by atoms with Gasteiger partial charge in [-0.3, -0.25) is 9.59 Å². The number of amides is 2. The fourth-order valence-electron chi connectivity index (χ4n) is 1.53. The van der Waals surface area contributed by atoms with E-state index in [1.165, 1.54) is 13.1 Å². The molecule has 2 rings (SSSR count). The Labute approximate surface area is 121 Å². The Morgan fingerprint density at radius 1 is 1.33 bits per heavy atom. The number of hydrogen-bond donors (Lipinski definition) is 2. The smallest absolute Gasteiger partial charge is 0.258 e. The number of ether oxygens (including phenoxy) is 1. The van der Waals surface area contributed by atoms with E-state index in [0.29, 0.717) is 23.9 Å². The van der Waals surface area contributed by atoms with Gasteiger partial charge in [-0.25, -0.2) is 4.98 Å². The van der Waals surface area contributed by atoms with E-state index < -0.39 is 0 Å². The highest BCUT2D eigenvalue weighted by Crippen LogP contribution is 2.11. The first-order chi connectivity index (χ1) is 10.1. The molecule has 0 radical (unpaired) electrons. The van der Waals surface area contributed by atoms with Gasteiger partial charge in [-0.2, -0.15) is 0 Å². The molecule has 0 aliphatic heterocycles. The molecule has 0 aliphatic rings. The molecule has 0 saturated heterocycles. The third-order valence-electron chi connectivity index (χ3n) is 2.45. The second kappa shape index (κ2) is 7.09. The lowest BCUT2D eigenvalue weighted by Crippen LogP contribution is -2.28. The summed E-state index contributed by atoms with van der Waals surface area (Å²) in [4.78, 5) is 26.4. The number of hydrogen-bond acceptors (Lipinski definition) is 5. The third kappa shape index (κ3) is 4.98. The van der Waals surface area contributed by atoms with E-state index in [-0.39, 0.29) is 18.4 Å². The highest BCUT2D eigenvalue weighted by Gasteiger charge is 2.05. The molecule has 21 heavy (non-hydrogen) atoms. The summed E-state index contributed by atoms with van der Waals surface area (Å²) in [6.45, 7) is 1.57. The molecule has 0 unspecified atom stereocenters. The SMILES string of the molecule is CC(=O)Nc1ccc(OCC(=O)NCc2ccco2)nc1. The zero-order valence-corrected chi connectivity index (χ0v) is 11.5. The van der Waals surface area contributed by atoms with E-state index in [1.807, 2.05) is 0 Å². The fraction of sp³-hybridized carbons (Fsp3) is 0.214. The van der Waals surface area contributed by atoms with Crippen LogP contribution in [-0.4, -0.2) is 23.4 Å². The molecule has 0 aromatic carbocycles. The minimum atomic E-state index is -0.279. The summed E-state index contributed by atoms with van der Waals surface area (Å²) in [6, 6.07) is 6.73. The zero-order chi connectivity index (χ0) is 15.1. The van der Waals surface area contributed by atoms with Crippen LogP contribution in [0.4, 0.5) is 5.69 Å². The minimum absolute atomic E-state index is 0.146. The zero-order valence-electron chi connectivity index (χ0n) is 11.5. The van der Waals surface area contributed by atoms with Gasteiger partial charge in [0.1, 0.15) is 5.76 Å². The van der Waals surface area contributed by atoms with Gasteiger partial charge in [-0.05, 0) is 18.2 Å². The highest BCUT2D eigenvalue weighted by atomic mass is 16.5. The number of nitrogens with zero attached hydrogens (tertiary/aromatic N) is 1. The number of furan rings is 1. The van der Waals surface area contributed by atoms with E-state index in [4.69, 9.17) is 9.15 Å². The Kier molecular flexibility index (Phi) is 4.92. The molecule has 0 atom stereocenters. The fourth-order valence-corrected chi connectivity index (χ4v) is 1.53. The Bertz CT molecular complexity index is 593. The summed E-state index contributed by atoms with van der Waals surface area (Å²) in [5.41, 5.74) is 0.567. The predicted octanol–water partition coefficient (Wildman–Crippen LogP) is 1.33. The van der Waals surface area contributed by atoms with Gasteiger partial charge in [0.2, 0.25) is 11.8 Å². The lowest BCUT2D eigenvalue weighted by atomic mass is 10.4. The molecule has 0 saturated carbocycles. The number of aromatic nitrogens is 1. The maximum absolute atomic E-state index is 11.6. The van der Waals surface area contributed by atoms with Crippen LogP contribution in [0.5, 0.6) is 5.88 Å². The van der Waals surface area contributed by atoms with Gasteiger partial charge < -0.3 is 19.8 Å². The van der Waals surface area contributed by atoms with Crippen LogP contribution in [0, 0.1) is 0 Å². The largest absolute Gasteiger partial charge is 0.468 e. The van der Waals surface area contributed by atoms with Gasteiger partial charge in [-0.15, -0.1) is 0 Å². The molecule has 2 heterocycles. The summed E-state index contributed by atoms with van der Waals surface area (Å²) in [6.07, 6.45) is 3.00. The number of carbonyl (C=O) groups is 2. The summed E-state index contributed by atoms with van der Waals surface area (Å²) in [5.74, 6) is 0.514. The van der Waals surface area contributed by atoms with Gasteiger partial charge >= 0.3 is 0 Å². The van der Waals surface area contributed by atoms with E-state index in [2.05, 4.69) is 15.6 Å². The molecule has 0 aliphatic carbocycles. The first-order valence-electron chi connectivity index (χ1n) is 6.29. The number of carbonyl (C=O) groups excluding carboxylic acids is 2. The van der Waals surface area contributed by atoms with Crippen molar-refractivity contribution in [2.75, 3.05) is 11.9 Å². The van der Waals surface area contributed by atoms with Gasteiger partial charge in [0.05, 0.1) is 24.7 Å². The van der Waals surface area contributed by atoms with Crippen LogP contribution in [0.3, 0.4) is 0 Å². The average molecular weight is 289 g/mol. The number of anilines is 1. The molecule has 7 nitrogen and oxygen atoms in total. The van der Waals surface area contributed by atoms with Crippen LogP contribution >= 0.6 is 0 Å². The van der Waals surface area contributed by atoms with Crippen LogP contribution in [0.25, 0.3) is 0 Å². The van der Waals surface area contributed by atoms with E-state index in [9.17, 15) is 9.59 Å². The van der Waals surface area contributed by atoms with Crippen LogP contribution in [0.1, 0.15) is 12.7 Å². The van der Waals surface area contributed by atoms with Crippen LogP contribution in [-0.2, 0) is 16.1 Å². The van der Waals surface area contributed by atoms with Gasteiger partial charge in [0.25, 0.3) is 5.91 Å². The second-order valence-corrected chi connectivity index (χ2v) is 4.21. The van der Waals surface area contributed by atoms with E-state index >= 15 is 0 Å². The van der Waals surface area contributed by atoms with Crippen molar-refractivity contribution in [2.45, 2.75) is 13.5 Å². The Morgan fingerprint density at radius 2 is 2.19 bits per heavy atom. The highest BCUT2D eigenvalue weighted by molar-refractivity contribution is 5.88. The molecule has 0 bridgehead atoms. The number of rotatable bonds is 6. The second-order valence-electron chi connectivity index (χ2n) is 4.21. The Hall–Kier alpha value is -2.83. The molecular formula is C14H15N3O4. The number of pyridine rings is 1. The Morgan fingerprint density at radius 3 is 2.81 bits per heavy atom. The normalized spacial score (nSPS) is 9.95. The summed E-state index contributed by atoms with van der Waals surface area (Å²) in [7, 11) is 0. The molecule has 0 fully saturated rings. The quantitative estimate of drug-likeness (QED) is 0.836. The van der Waals surface area contributed by atoms with Gasteiger partial charge in [0, 0.05) is 13.0 Å². The molecule has 110 valence electrons. The van der Waals surface area contributed by atoms with Crippen molar-refractivity contribution in [1.29, 1.82) is 0 Å². The van der Waals surface area contributed by atoms with E-state index in [0.717, 1.165) is 0 Å². The first-order valence-corrected chi connectivity index (χ1v) is 6.29. The van der Waals surface area contributed by atoms with Gasteiger partial charge in [-0.1, -0.05) is 0 Å². The molecule has 2 N–H and O–H groups in total. The van der Waals surface area contributed by atoms with Crippen molar-refractivity contribution in [3.05, 3.63) is 42.5 Å². The monoisotopic (exact) mass is 289 g/mol. The number of nitrogens with one attached hydrogen (secondary N) is 2. The Balaban J connectivity index is 1.74. The molecular weight excluding hydrogens is 274 g/mol. The summed E-state index contributed by atoms with van der Waals surface area (Å²) >= 11 is 0. The van der Waals surface area contributed by atoms with Crippen molar-refractivity contribution >= 4 is 17.5 Å². The maximum Gasteiger partial charge on any atom is 0.258 e. The lowest BCUT2D eigenvalue weighted by Gasteiger charge is -2.06. The molecule has 2 amide bonds. The summed E-state index contributed by atoms with van der Waals surface area (Å²) < 4.78 is 10.3. The van der Waals surface area contributed by atoms with Gasteiger partial charge in [0.15, 0.2) is 6.61 Å². The molecule has 2 aromatic rings. The minimum Gasteiger partial charge on any atom is -0.468 e. The standard InChI is InChI=1S/C14H15N3O4/c1-10(18)17-11-4-5-14(16-7-11)21-9-13(19)15-8-12-3-2-6-20-12/h2-7H,8-9H2,1H3,(H,15,19)(H,17,18). The molecule has 2 aromatic heterocycles.